The summed E-state index contributed by atoms with van der Waals surface area (Å²) >= 11 is 1.40. The molecule has 0 N–H and O–H groups in total. The Bertz CT molecular complexity index is 396. The van der Waals surface area contributed by atoms with Crippen LogP contribution in [0.1, 0.15) is 52.8 Å². The number of Topliss-reactive ketones (excluding diaryl/α,β-unsaturated/α-hetero) is 1. The van der Waals surface area contributed by atoms with Gasteiger partial charge >= 0.3 is 0 Å². The maximum atomic E-state index is 11.9. The van der Waals surface area contributed by atoms with E-state index >= 15 is 0 Å². The molecule has 0 unspecified atom stereocenters. The van der Waals surface area contributed by atoms with Crippen LogP contribution in [-0.2, 0) is 9.47 Å². The number of hydrogen-bond acceptors (Lipinski definition) is 5. The molecule has 0 amide bonds. The number of carbonyl (C=O) groups excluding carboxylic acids is 1. The Morgan fingerprint density at radius 1 is 1.47 bits per heavy atom. The van der Waals surface area contributed by atoms with E-state index in [1.54, 1.807) is 0 Å². The molecule has 5 heteroatoms. The molecule has 1 aromatic rings. The van der Waals surface area contributed by atoms with Gasteiger partial charge in [0.25, 0.3) is 0 Å². The van der Waals surface area contributed by atoms with E-state index in [4.69, 9.17) is 9.47 Å². The minimum absolute atomic E-state index is 0.129. The highest BCUT2D eigenvalue weighted by atomic mass is 32.1. The van der Waals surface area contributed by atoms with Gasteiger partial charge in [0.1, 0.15) is 0 Å². The van der Waals surface area contributed by atoms with Crippen molar-refractivity contribution in [1.29, 1.82) is 0 Å². The summed E-state index contributed by atoms with van der Waals surface area (Å²) in [5.41, 5.74) is 0.849. The molecular weight excluding hydrogens is 238 g/mol. The van der Waals surface area contributed by atoms with Gasteiger partial charge in [-0.15, -0.1) is 11.3 Å². The van der Waals surface area contributed by atoms with Gasteiger partial charge in [0.05, 0.1) is 23.8 Å². The van der Waals surface area contributed by atoms with Gasteiger partial charge in [0.15, 0.2) is 17.1 Å². The molecule has 1 aliphatic rings. The van der Waals surface area contributed by atoms with Crippen molar-refractivity contribution in [2.45, 2.75) is 39.4 Å². The summed E-state index contributed by atoms with van der Waals surface area (Å²) in [7, 11) is 0. The van der Waals surface area contributed by atoms with E-state index in [2.05, 4.69) is 11.9 Å². The van der Waals surface area contributed by atoms with Crippen molar-refractivity contribution in [3.8, 4) is 0 Å². The predicted molar refractivity (Wildman–Crippen MR) is 65.4 cm³/mol. The number of rotatable bonds is 5. The zero-order valence-corrected chi connectivity index (χ0v) is 11.0. The second-order valence-electron chi connectivity index (χ2n) is 4.07. The molecule has 1 aliphatic heterocycles. The second-order valence-corrected chi connectivity index (χ2v) is 5.10. The van der Waals surface area contributed by atoms with Crippen molar-refractivity contribution in [2.75, 3.05) is 13.2 Å². The molecular formula is C12H17NO3S. The van der Waals surface area contributed by atoms with Crippen molar-refractivity contribution >= 4 is 17.1 Å². The Kier molecular flexibility index (Phi) is 4.25. The van der Waals surface area contributed by atoms with Crippen LogP contribution in [0.25, 0.3) is 0 Å². The van der Waals surface area contributed by atoms with Crippen LogP contribution in [0.3, 0.4) is 0 Å². The smallest absolute Gasteiger partial charge is 0.195 e. The highest BCUT2D eigenvalue weighted by Gasteiger charge is 2.25. The number of carbonyl (C=O) groups is 1. The fourth-order valence-electron chi connectivity index (χ4n) is 1.70. The Morgan fingerprint density at radius 2 is 2.18 bits per heavy atom. The summed E-state index contributed by atoms with van der Waals surface area (Å²) < 4.78 is 10.9. The molecule has 0 radical (unpaired) electrons. The molecule has 0 aliphatic carbocycles. The van der Waals surface area contributed by atoms with Crippen molar-refractivity contribution < 1.29 is 14.3 Å². The molecule has 0 aromatic carbocycles. The number of unbranched alkanes of at least 4 members (excludes halogenated alkanes) is 1. The molecule has 17 heavy (non-hydrogen) atoms. The normalized spacial score (nSPS) is 16.6. The van der Waals surface area contributed by atoms with Crippen molar-refractivity contribution in [2.24, 2.45) is 0 Å². The minimum atomic E-state index is -0.319. The van der Waals surface area contributed by atoms with Crippen molar-refractivity contribution in [3.05, 3.63) is 15.6 Å². The first-order valence-electron chi connectivity index (χ1n) is 5.96. The number of aryl methyl sites for hydroxylation is 1. The third-order valence-corrected chi connectivity index (χ3v) is 3.88. The van der Waals surface area contributed by atoms with Crippen LogP contribution in [0, 0.1) is 6.92 Å². The van der Waals surface area contributed by atoms with E-state index in [0.29, 0.717) is 24.6 Å². The number of ether oxygens (including phenoxy) is 2. The third kappa shape index (κ3) is 2.91. The lowest BCUT2D eigenvalue weighted by molar-refractivity contribution is -0.0418. The minimum Gasteiger partial charge on any atom is -0.345 e. The predicted octanol–water partition coefficient (Wildman–Crippen LogP) is 2.87. The van der Waals surface area contributed by atoms with E-state index in [1.807, 2.05) is 6.92 Å². The fraction of sp³-hybridized carbons (Fsp3) is 0.667. The monoisotopic (exact) mass is 255 g/mol. The van der Waals surface area contributed by atoms with Gasteiger partial charge in [-0.3, -0.25) is 4.79 Å². The number of thiazole rings is 1. The van der Waals surface area contributed by atoms with Crippen LogP contribution in [-0.4, -0.2) is 24.0 Å². The van der Waals surface area contributed by atoms with Gasteiger partial charge in [0.2, 0.25) is 0 Å². The average Bonchev–Trinajstić information content (AvgIpc) is 2.94. The van der Waals surface area contributed by atoms with E-state index < -0.39 is 0 Å². The molecule has 0 atom stereocenters. The van der Waals surface area contributed by atoms with Gasteiger partial charge in [-0.2, -0.15) is 0 Å². The first-order chi connectivity index (χ1) is 8.22. The maximum Gasteiger partial charge on any atom is 0.195 e. The summed E-state index contributed by atoms with van der Waals surface area (Å²) in [4.78, 5) is 17.1. The number of ketones is 1. The molecule has 0 bridgehead atoms. The summed E-state index contributed by atoms with van der Waals surface area (Å²) in [5.74, 6) is 0.129. The van der Waals surface area contributed by atoms with Gasteiger partial charge in [-0.05, 0) is 13.3 Å². The molecule has 1 fully saturated rings. The van der Waals surface area contributed by atoms with E-state index in [1.165, 1.54) is 11.3 Å². The van der Waals surface area contributed by atoms with Gasteiger partial charge in [0, 0.05) is 6.42 Å². The van der Waals surface area contributed by atoms with Gasteiger partial charge < -0.3 is 9.47 Å². The molecule has 0 saturated carbocycles. The molecule has 2 rings (SSSR count). The Balaban J connectivity index is 2.09. The van der Waals surface area contributed by atoms with Crippen LogP contribution in [0.2, 0.25) is 0 Å². The molecule has 1 aromatic heterocycles. The van der Waals surface area contributed by atoms with Crippen LogP contribution in [0.15, 0.2) is 0 Å². The lowest BCUT2D eigenvalue weighted by Crippen LogP contribution is -1.97. The highest BCUT2D eigenvalue weighted by molar-refractivity contribution is 7.13. The fourth-order valence-corrected chi connectivity index (χ4v) is 2.73. The van der Waals surface area contributed by atoms with E-state index in [0.717, 1.165) is 23.4 Å². The number of hydrogen-bond donors (Lipinski definition) is 0. The zero-order chi connectivity index (χ0) is 12.3. The topological polar surface area (TPSA) is 48.4 Å². The van der Waals surface area contributed by atoms with Gasteiger partial charge in [-0.25, -0.2) is 4.98 Å². The van der Waals surface area contributed by atoms with Crippen molar-refractivity contribution in [1.82, 2.24) is 4.98 Å². The first-order valence-corrected chi connectivity index (χ1v) is 6.77. The van der Waals surface area contributed by atoms with E-state index in [-0.39, 0.29) is 12.1 Å². The van der Waals surface area contributed by atoms with Crippen LogP contribution < -0.4 is 0 Å². The van der Waals surface area contributed by atoms with Crippen LogP contribution in [0.5, 0.6) is 0 Å². The number of aromatic nitrogens is 1. The maximum absolute atomic E-state index is 11.9. The zero-order valence-electron chi connectivity index (χ0n) is 10.2. The van der Waals surface area contributed by atoms with Crippen LogP contribution in [0.4, 0.5) is 0 Å². The largest absolute Gasteiger partial charge is 0.345 e. The van der Waals surface area contributed by atoms with Crippen LogP contribution >= 0.6 is 11.3 Å². The second kappa shape index (κ2) is 5.71. The molecule has 4 nitrogen and oxygen atoms in total. The SMILES string of the molecule is CCCCC(=O)c1nc(C)c(C2OCCO2)s1. The Hall–Kier alpha value is -0.780. The molecule has 0 spiro atoms. The Labute approximate surface area is 105 Å². The number of nitrogens with zero attached hydrogens (tertiary/aromatic N) is 1. The third-order valence-electron chi connectivity index (χ3n) is 2.66. The molecule has 1 saturated heterocycles. The lowest BCUT2D eigenvalue weighted by Gasteiger charge is -2.05. The quantitative estimate of drug-likeness (QED) is 0.759. The van der Waals surface area contributed by atoms with Crippen molar-refractivity contribution in [3.63, 3.8) is 0 Å². The summed E-state index contributed by atoms with van der Waals surface area (Å²) in [6.07, 6.45) is 2.20. The summed E-state index contributed by atoms with van der Waals surface area (Å²) in [6, 6.07) is 0. The standard InChI is InChI=1S/C12H17NO3S/c1-3-4-5-9(14)11-13-8(2)10(17-11)12-15-6-7-16-12/h12H,3-7H2,1-2H3. The first kappa shape index (κ1) is 12.7. The highest BCUT2D eigenvalue weighted by Crippen LogP contribution is 2.31. The summed E-state index contributed by atoms with van der Waals surface area (Å²) in [6.45, 7) is 5.20. The molecule has 2 heterocycles. The van der Waals surface area contributed by atoms with E-state index in [9.17, 15) is 4.79 Å². The van der Waals surface area contributed by atoms with Gasteiger partial charge in [-0.1, -0.05) is 13.3 Å². The average molecular weight is 255 g/mol. The Morgan fingerprint density at radius 3 is 2.82 bits per heavy atom. The lowest BCUT2D eigenvalue weighted by atomic mass is 10.2. The molecule has 94 valence electrons. The summed E-state index contributed by atoms with van der Waals surface area (Å²) in [5, 5.41) is 0.588.